The topological polar surface area (TPSA) is 70.1 Å². The number of alkyl halides is 6. The highest BCUT2D eigenvalue weighted by Crippen LogP contribution is 2.48. The summed E-state index contributed by atoms with van der Waals surface area (Å²) in [5.41, 5.74) is -4.57. The minimum absolute atomic E-state index is 0.0138. The van der Waals surface area contributed by atoms with Crippen LogP contribution < -0.4 is 14.5 Å². The van der Waals surface area contributed by atoms with Gasteiger partial charge in [-0.2, -0.15) is 26.3 Å². The number of hydrogen-bond donors (Lipinski definition) is 1. The highest BCUT2D eigenvalue weighted by atomic mass is 32.2. The van der Waals surface area contributed by atoms with Crippen LogP contribution >= 0.6 is 12.0 Å². The zero-order valence-electron chi connectivity index (χ0n) is 18.0. The molecule has 0 bridgehead atoms. The number of carbonyl (C=O) groups excluding carboxylic acids is 2. The van der Waals surface area contributed by atoms with Gasteiger partial charge in [-0.3, -0.25) is 9.69 Å². The van der Waals surface area contributed by atoms with Crippen LogP contribution in [0.25, 0.3) is 0 Å². The molecule has 1 unspecified atom stereocenters. The second kappa shape index (κ2) is 9.22. The molecular weight excluding hydrogens is 509 g/mol. The minimum atomic E-state index is -5.40. The molecule has 2 aromatic carbocycles. The molecule has 0 radical (unpaired) electrons. The first-order valence-electron chi connectivity index (χ1n) is 9.76. The largest absolute Gasteiger partial charge is 0.420 e. The van der Waals surface area contributed by atoms with Crippen LogP contribution in [0.2, 0.25) is 0 Å². The number of amides is 2. The Bertz CT molecular complexity index is 1140. The van der Waals surface area contributed by atoms with E-state index in [1.54, 1.807) is 0 Å². The number of nitrogens with zero attached hydrogens (tertiary/aromatic N) is 2. The van der Waals surface area contributed by atoms with Crippen molar-refractivity contribution in [3.05, 3.63) is 53.3 Å². The minimum Gasteiger partial charge on any atom is -0.407 e. The summed E-state index contributed by atoms with van der Waals surface area (Å²) in [5.74, 6) is -2.94. The van der Waals surface area contributed by atoms with E-state index >= 15 is 0 Å². The number of ether oxygens (including phenoxy) is 1. The maximum atomic E-state index is 13.9. The van der Waals surface area contributed by atoms with Gasteiger partial charge < -0.3 is 14.2 Å². The van der Waals surface area contributed by atoms with E-state index in [1.807, 2.05) is 0 Å². The lowest BCUT2D eigenvalue weighted by molar-refractivity contribution is -0.143. The quantitative estimate of drug-likeness (QED) is 0.380. The van der Waals surface area contributed by atoms with Crippen molar-refractivity contribution in [1.29, 1.82) is 0 Å². The van der Waals surface area contributed by atoms with Gasteiger partial charge in [0, 0.05) is 31.3 Å². The number of carbonyl (C=O) groups is 2. The maximum absolute atomic E-state index is 13.9. The van der Waals surface area contributed by atoms with E-state index in [0.29, 0.717) is 9.80 Å². The molecule has 35 heavy (non-hydrogen) atoms. The van der Waals surface area contributed by atoms with Crippen molar-refractivity contribution in [2.75, 3.05) is 23.4 Å². The first kappa shape index (κ1) is 26.6. The molecule has 3 rings (SSSR count). The first-order valence-corrected chi connectivity index (χ1v) is 10.5. The summed E-state index contributed by atoms with van der Waals surface area (Å²) in [6.07, 6.45) is -12.2. The smallest absolute Gasteiger partial charge is 0.407 e. The van der Waals surface area contributed by atoms with Crippen molar-refractivity contribution < 1.29 is 49.6 Å². The fraction of sp³-hybridized carbons (Fsp3) is 0.333. The van der Waals surface area contributed by atoms with Crippen molar-refractivity contribution in [3.8, 4) is 5.75 Å². The van der Waals surface area contributed by atoms with Crippen LogP contribution in [0.1, 0.15) is 24.5 Å². The van der Waals surface area contributed by atoms with E-state index in [2.05, 4.69) is 0 Å². The molecule has 1 heterocycles. The predicted octanol–water partition coefficient (Wildman–Crippen LogP) is 6.20. The number of anilines is 2. The van der Waals surface area contributed by atoms with Crippen molar-refractivity contribution in [2.45, 2.75) is 30.4 Å². The van der Waals surface area contributed by atoms with Gasteiger partial charge in [0.15, 0.2) is 5.75 Å². The summed E-state index contributed by atoms with van der Waals surface area (Å²) in [5, 5.41) is 0. The Morgan fingerprint density at radius 1 is 1.11 bits per heavy atom. The molecule has 2 aromatic rings. The van der Waals surface area contributed by atoms with Crippen LogP contribution in [0.15, 0.2) is 36.4 Å². The Kier molecular flexibility index (Phi) is 7.01. The Hall–Kier alpha value is -3.00. The van der Waals surface area contributed by atoms with Gasteiger partial charge in [-0.1, -0.05) is 0 Å². The van der Waals surface area contributed by atoms with Crippen molar-refractivity contribution in [2.24, 2.45) is 0 Å². The van der Waals surface area contributed by atoms with Crippen LogP contribution in [0.5, 0.6) is 5.75 Å². The third-order valence-electron chi connectivity index (χ3n) is 5.38. The highest BCUT2D eigenvalue weighted by Gasteiger charge is 2.48. The monoisotopic (exact) mass is 526 g/mol. The number of halogens is 7. The molecule has 0 aromatic heterocycles. The average molecular weight is 526 g/mol. The lowest BCUT2D eigenvalue weighted by Crippen LogP contribution is -2.36. The standard InChI is InChI=1S/C21H17F7N2O4S/c1-19(35-33)7-8-30(17(19)31)15-10-11(20(23,24)25)9-14(21(26,27)28)16(15)34-18(32)29(2)13-5-3-12(22)4-6-13/h3-6,9-10,33H,7-8H2,1-2H3. The van der Waals surface area contributed by atoms with E-state index in [-0.39, 0.29) is 42.8 Å². The lowest BCUT2D eigenvalue weighted by atomic mass is 10.1. The molecular formula is C21H17F7N2O4S. The summed E-state index contributed by atoms with van der Waals surface area (Å²) >= 11 is 0.102. The third-order valence-corrected chi connectivity index (χ3v) is 6.16. The molecule has 0 aliphatic carbocycles. The van der Waals surface area contributed by atoms with Crippen molar-refractivity contribution >= 4 is 35.4 Å². The van der Waals surface area contributed by atoms with Crippen LogP contribution in [0.3, 0.4) is 0 Å². The maximum Gasteiger partial charge on any atom is 0.420 e. The van der Waals surface area contributed by atoms with Crippen LogP contribution in [0.4, 0.5) is 46.9 Å². The molecule has 0 spiro atoms. The van der Waals surface area contributed by atoms with E-state index in [4.69, 9.17) is 4.74 Å². The molecule has 1 aliphatic rings. The predicted molar refractivity (Wildman–Crippen MR) is 113 cm³/mol. The van der Waals surface area contributed by atoms with Crippen LogP contribution in [0, 0.1) is 5.82 Å². The fourth-order valence-corrected chi connectivity index (χ4v) is 3.73. The van der Waals surface area contributed by atoms with Crippen molar-refractivity contribution in [3.63, 3.8) is 0 Å². The molecule has 1 atom stereocenters. The van der Waals surface area contributed by atoms with Gasteiger partial charge in [0.25, 0.3) is 0 Å². The van der Waals surface area contributed by atoms with Gasteiger partial charge in [-0.15, -0.1) is 0 Å². The molecule has 6 nitrogen and oxygen atoms in total. The molecule has 1 saturated heterocycles. The molecule has 14 heteroatoms. The third kappa shape index (κ3) is 5.32. The average Bonchev–Trinajstić information content (AvgIpc) is 3.07. The Morgan fingerprint density at radius 3 is 2.20 bits per heavy atom. The molecule has 1 fully saturated rings. The first-order chi connectivity index (χ1) is 16.1. The molecule has 2 amide bonds. The van der Waals surface area contributed by atoms with Crippen molar-refractivity contribution in [1.82, 2.24) is 0 Å². The Morgan fingerprint density at radius 2 is 1.71 bits per heavy atom. The van der Waals surface area contributed by atoms with E-state index in [9.17, 15) is 44.9 Å². The Labute approximate surface area is 198 Å². The Balaban J connectivity index is 2.16. The number of hydrogen-bond acceptors (Lipinski definition) is 5. The summed E-state index contributed by atoms with van der Waals surface area (Å²) < 4.78 is 108. The zero-order chi connectivity index (χ0) is 26.3. The summed E-state index contributed by atoms with van der Waals surface area (Å²) in [6, 6.07) is 4.26. The second-order valence-electron chi connectivity index (χ2n) is 7.80. The van der Waals surface area contributed by atoms with Gasteiger partial charge in [0.05, 0.1) is 11.3 Å². The summed E-state index contributed by atoms with van der Waals surface area (Å²) in [4.78, 5) is 26.8. The zero-order valence-corrected chi connectivity index (χ0v) is 18.8. The number of benzene rings is 2. The van der Waals surface area contributed by atoms with Gasteiger partial charge >= 0.3 is 18.4 Å². The SMILES string of the molecule is CN(C(=O)Oc1c(N2CCC(C)(SO)C2=O)cc(C(F)(F)F)cc1C(F)(F)F)c1ccc(F)cc1. The lowest BCUT2D eigenvalue weighted by Gasteiger charge is -2.26. The second-order valence-corrected chi connectivity index (χ2v) is 8.88. The normalized spacial score (nSPS) is 18.7. The molecule has 1 aliphatic heterocycles. The van der Waals surface area contributed by atoms with Gasteiger partial charge in [-0.05, 0) is 49.7 Å². The van der Waals surface area contributed by atoms with Crippen LogP contribution in [-0.4, -0.2) is 34.9 Å². The van der Waals surface area contributed by atoms with Gasteiger partial charge in [0.1, 0.15) is 16.1 Å². The summed E-state index contributed by atoms with van der Waals surface area (Å²) in [6.45, 7) is 0.923. The van der Waals surface area contributed by atoms with Gasteiger partial charge in [-0.25, -0.2) is 9.18 Å². The fourth-order valence-electron chi connectivity index (χ4n) is 3.36. The number of rotatable bonds is 4. The van der Waals surface area contributed by atoms with Crippen LogP contribution in [-0.2, 0) is 17.1 Å². The van der Waals surface area contributed by atoms with E-state index in [1.165, 1.54) is 6.92 Å². The van der Waals surface area contributed by atoms with E-state index < -0.39 is 57.5 Å². The highest BCUT2D eigenvalue weighted by molar-refractivity contribution is 7.96. The summed E-state index contributed by atoms with van der Waals surface area (Å²) in [7, 11) is 1.09. The van der Waals surface area contributed by atoms with Gasteiger partial charge in [0.2, 0.25) is 5.91 Å². The van der Waals surface area contributed by atoms with E-state index in [0.717, 1.165) is 31.3 Å². The molecule has 190 valence electrons. The molecule has 1 N–H and O–H groups in total. The molecule has 0 saturated carbocycles.